The van der Waals surface area contributed by atoms with E-state index in [2.05, 4.69) is 32.0 Å². The molecule has 1 N–H and O–H groups in total. The lowest BCUT2D eigenvalue weighted by Crippen LogP contribution is -2.46. The standard InChI is InChI=1S/C17H22FN5/c1-2-22-9-11-23(12-10-22)17-19-8-7-16(21-17)20-13-14-5-3-4-6-15(14)18/h3-8H,2,9-13H2,1H3,(H,19,20,21). The van der Waals surface area contributed by atoms with Gasteiger partial charge in [-0.15, -0.1) is 0 Å². The third-order valence-electron chi connectivity index (χ3n) is 4.16. The highest BCUT2D eigenvalue weighted by molar-refractivity contribution is 5.42. The molecule has 1 aromatic heterocycles. The fourth-order valence-electron chi connectivity index (χ4n) is 2.69. The quantitative estimate of drug-likeness (QED) is 0.918. The fourth-order valence-corrected chi connectivity index (χ4v) is 2.69. The van der Waals surface area contributed by atoms with Gasteiger partial charge in [-0.25, -0.2) is 9.37 Å². The van der Waals surface area contributed by atoms with Crippen LogP contribution in [-0.4, -0.2) is 47.6 Å². The molecule has 0 bridgehead atoms. The molecule has 1 fully saturated rings. The molecule has 6 heteroatoms. The first-order chi connectivity index (χ1) is 11.3. The molecule has 0 spiro atoms. The van der Waals surface area contributed by atoms with Crippen molar-refractivity contribution in [3.63, 3.8) is 0 Å². The van der Waals surface area contributed by atoms with Crippen LogP contribution in [0.4, 0.5) is 16.2 Å². The van der Waals surface area contributed by atoms with E-state index < -0.39 is 0 Å². The van der Waals surface area contributed by atoms with Crippen molar-refractivity contribution in [1.29, 1.82) is 0 Å². The van der Waals surface area contributed by atoms with Crippen molar-refractivity contribution in [1.82, 2.24) is 14.9 Å². The molecule has 2 aromatic rings. The minimum atomic E-state index is -0.204. The Hall–Kier alpha value is -2.21. The Balaban J connectivity index is 1.63. The summed E-state index contributed by atoms with van der Waals surface area (Å²) in [6.07, 6.45) is 1.75. The number of halogens is 1. The molecule has 3 rings (SSSR count). The highest BCUT2D eigenvalue weighted by Gasteiger charge is 2.17. The number of benzene rings is 1. The van der Waals surface area contributed by atoms with Gasteiger partial charge in [0.2, 0.25) is 5.95 Å². The maximum atomic E-state index is 13.6. The van der Waals surface area contributed by atoms with E-state index in [9.17, 15) is 4.39 Å². The molecule has 1 saturated heterocycles. The molecule has 122 valence electrons. The van der Waals surface area contributed by atoms with Gasteiger partial charge in [-0.3, -0.25) is 0 Å². The third kappa shape index (κ3) is 3.96. The molecule has 1 aliphatic heterocycles. The van der Waals surface area contributed by atoms with Crippen LogP contribution in [0.5, 0.6) is 0 Å². The smallest absolute Gasteiger partial charge is 0.227 e. The zero-order chi connectivity index (χ0) is 16.1. The van der Waals surface area contributed by atoms with E-state index in [4.69, 9.17) is 0 Å². The van der Waals surface area contributed by atoms with Crippen LogP contribution in [0, 0.1) is 5.82 Å². The predicted octanol–water partition coefficient (Wildman–Crippen LogP) is 2.37. The molecule has 0 amide bonds. The molecule has 0 radical (unpaired) electrons. The molecular weight excluding hydrogens is 293 g/mol. The van der Waals surface area contributed by atoms with Crippen LogP contribution in [0.15, 0.2) is 36.5 Å². The second-order valence-corrected chi connectivity index (χ2v) is 5.61. The number of hydrogen-bond acceptors (Lipinski definition) is 5. The summed E-state index contributed by atoms with van der Waals surface area (Å²) >= 11 is 0. The topological polar surface area (TPSA) is 44.3 Å². The van der Waals surface area contributed by atoms with Gasteiger partial charge in [0.05, 0.1) is 0 Å². The van der Waals surface area contributed by atoms with Crippen LogP contribution >= 0.6 is 0 Å². The predicted molar refractivity (Wildman–Crippen MR) is 90.1 cm³/mol. The van der Waals surface area contributed by atoms with E-state index >= 15 is 0 Å². The molecule has 0 saturated carbocycles. The van der Waals surface area contributed by atoms with Crippen LogP contribution < -0.4 is 10.2 Å². The molecule has 1 aromatic carbocycles. The summed E-state index contributed by atoms with van der Waals surface area (Å²) in [6.45, 7) is 7.61. The molecular formula is C17H22FN5. The van der Waals surface area contributed by atoms with Gasteiger partial charge < -0.3 is 15.1 Å². The SMILES string of the molecule is CCN1CCN(c2nccc(NCc3ccccc3F)n2)CC1. The Morgan fingerprint density at radius 3 is 2.65 bits per heavy atom. The first kappa shape index (κ1) is 15.7. The van der Waals surface area contributed by atoms with Crippen LogP contribution in [-0.2, 0) is 6.54 Å². The number of nitrogens with zero attached hydrogens (tertiary/aromatic N) is 4. The number of anilines is 2. The molecule has 0 atom stereocenters. The second-order valence-electron chi connectivity index (χ2n) is 5.61. The minimum Gasteiger partial charge on any atom is -0.366 e. The van der Waals surface area contributed by atoms with Crippen molar-refractivity contribution >= 4 is 11.8 Å². The minimum absolute atomic E-state index is 0.204. The summed E-state index contributed by atoms with van der Waals surface area (Å²) < 4.78 is 13.6. The Labute approximate surface area is 136 Å². The van der Waals surface area contributed by atoms with Gasteiger partial charge in [0.25, 0.3) is 0 Å². The normalized spacial score (nSPS) is 15.7. The molecule has 5 nitrogen and oxygen atoms in total. The van der Waals surface area contributed by atoms with Gasteiger partial charge in [-0.05, 0) is 18.7 Å². The molecule has 2 heterocycles. The van der Waals surface area contributed by atoms with E-state index in [1.54, 1.807) is 18.3 Å². The number of nitrogens with one attached hydrogen (secondary N) is 1. The average molecular weight is 315 g/mol. The number of aromatic nitrogens is 2. The number of piperazine rings is 1. The van der Waals surface area contributed by atoms with Gasteiger partial charge in [0.1, 0.15) is 11.6 Å². The lowest BCUT2D eigenvalue weighted by molar-refractivity contribution is 0.270. The van der Waals surface area contributed by atoms with Crippen LogP contribution in [0.25, 0.3) is 0 Å². The summed E-state index contributed by atoms with van der Waals surface area (Å²) in [5, 5.41) is 3.17. The maximum Gasteiger partial charge on any atom is 0.227 e. The number of likely N-dealkylation sites (N-methyl/N-ethyl adjacent to an activating group) is 1. The van der Waals surface area contributed by atoms with Gasteiger partial charge in [-0.1, -0.05) is 25.1 Å². The van der Waals surface area contributed by atoms with E-state index in [-0.39, 0.29) is 5.82 Å². The van der Waals surface area contributed by atoms with Crippen LogP contribution in [0.2, 0.25) is 0 Å². The Morgan fingerprint density at radius 2 is 1.91 bits per heavy atom. The van der Waals surface area contributed by atoms with Gasteiger partial charge in [0, 0.05) is 44.5 Å². The van der Waals surface area contributed by atoms with E-state index in [0.717, 1.165) is 44.5 Å². The summed E-state index contributed by atoms with van der Waals surface area (Å²) in [5.41, 5.74) is 0.629. The third-order valence-corrected chi connectivity index (χ3v) is 4.16. The summed E-state index contributed by atoms with van der Waals surface area (Å²) in [5.74, 6) is 1.25. The second kappa shape index (κ2) is 7.37. The van der Waals surface area contributed by atoms with Crippen molar-refractivity contribution in [2.75, 3.05) is 42.9 Å². The fraction of sp³-hybridized carbons (Fsp3) is 0.412. The highest BCUT2D eigenvalue weighted by atomic mass is 19.1. The lowest BCUT2D eigenvalue weighted by Gasteiger charge is -2.34. The van der Waals surface area contributed by atoms with Crippen molar-refractivity contribution in [3.05, 3.63) is 47.9 Å². The van der Waals surface area contributed by atoms with Gasteiger partial charge >= 0.3 is 0 Å². The zero-order valence-corrected chi connectivity index (χ0v) is 13.4. The summed E-state index contributed by atoms with van der Waals surface area (Å²) in [4.78, 5) is 13.5. The largest absolute Gasteiger partial charge is 0.366 e. The van der Waals surface area contributed by atoms with E-state index in [1.807, 2.05) is 12.1 Å². The monoisotopic (exact) mass is 315 g/mol. The molecule has 0 aliphatic carbocycles. The van der Waals surface area contributed by atoms with Crippen molar-refractivity contribution < 1.29 is 4.39 Å². The summed E-state index contributed by atoms with van der Waals surface area (Å²) in [6, 6.07) is 8.58. The van der Waals surface area contributed by atoms with Gasteiger partial charge in [0.15, 0.2) is 0 Å². The Bertz CT molecular complexity index is 640. The van der Waals surface area contributed by atoms with Crippen molar-refractivity contribution in [2.45, 2.75) is 13.5 Å². The number of rotatable bonds is 5. The van der Waals surface area contributed by atoms with Crippen LogP contribution in [0.1, 0.15) is 12.5 Å². The first-order valence-electron chi connectivity index (χ1n) is 8.04. The van der Waals surface area contributed by atoms with E-state index in [1.165, 1.54) is 6.07 Å². The van der Waals surface area contributed by atoms with Crippen molar-refractivity contribution in [2.24, 2.45) is 0 Å². The summed E-state index contributed by atoms with van der Waals surface area (Å²) in [7, 11) is 0. The molecule has 1 aliphatic rings. The average Bonchev–Trinajstić information content (AvgIpc) is 2.61. The maximum absolute atomic E-state index is 13.6. The number of hydrogen-bond donors (Lipinski definition) is 1. The lowest BCUT2D eigenvalue weighted by atomic mass is 10.2. The molecule has 0 unspecified atom stereocenters. The first-order valence-corrected chi connectivity index (χ1v) is 8.04. The highest BCUT2D eigenvalue weighted by Crippen LogP contribution is 2.15. The van der Waals surface area contributed by atoms with Gasteiger partial charge in [-0.2, -0.15) is 4.98 Å². The van der Waals surface area contributed by atoms with E-state index in [0.29, 0.717) is 12.1 Å². The zero-order valence-electron chi connectivity index (χ0n) is 13.4. The Kier molecular flexibility index (Phi) is 5.02. The van der Waals surface area contributed by atoms with Crippen molar-refractivity contribution in [3.8, 4) is 0 Å². The van der Waals surface area contributed by atoms with Crippen LogP contribution in [0.3, 0.4) is 0 Å². The molecule has 23 heavy (non-hydrogen) atoms. The Morgan fingerprint density at radius 1 is 1.13 bits per heavy atom.